The Kier molecular flexibility index (Phi) is 6.31. The maximum atomic E-state index is 13.3. The Morgan fingerprint density at radius 1 is 1.27 bits per heavy atom. The molecule has 1 aliphatic heterocycles. The third kappa shape index (κ3) is 5.28. The van der Waals surface area contributed by atoms with Crippen molar-refractivity contribution in [2.45, 2.75) is 31.4 Å². The molecule has 3 aromatic rings. The number of nitrogens with zero attached hydrogens (tertiary/aromatic N) is 4. The number of imidazole rings is 1. The quantitative estimate of drug-likeness (QED) is 0.414. The number of ether oxygens (including phenoxy) is 1. The lowest BCUT2D eigenvalue weighted by molar-refractivity contribution is -0.0371. The summed E-state index contributed by atoms with van der Waals surface area (Å²) in [6, 6.07) is 2.47. The van der Waals surface area contributed by atoms with Crippen LogP contribution in [0.1, 0.15) is 28.7 Å². The third-order valence-corrected chi connectivity index (χ3v) is 5.35. The van der Waals surface area contributed by atoms with Crippen LogP contribution in [0.25, 0.3) is 11.2 Å². The van der Waals surface area contributed by atoms with E-state index in [0.29, 0.717) is 22.9 Å². The van der Waals surface area contributed by atoms with Gasteiger partial charge in [0.1, 0.15) is 35.8 Å². The summed E-state index contributed by atoms with van der Waals surface area (Å²) in [5.41, 5.74) is 0.794. The molecule has 12 nitrogen and oxygen atoms in total. The highest BCUT2D eigenvalue weighted by Crippen LogP contribution is 2.31. The molecular weight excluding hydrogens is 466 g/mol. The Morgan fingerprint density at radius 2 is 2.00 bits per heavy atom. The summed E-state index contributed by atoms with van der Waals surface area (Å²) in [6.45, 7) is -0.567. The fourth-order valence-corrected chi connectivity index (χ4v) is 3.71. The van der Waals surface area contributed by atoms with E-state index < -0.39 is 52.9 Å². The maximum absolute atomic E-state index is 13.3. The lowest BCUT2D eigenvalue weighted by atomic mass is 10.2. The van der Waals surface area contributed by atoms with Crippen molar-refractivity contribution >= 4 is 27.4 Å². The van der Waals surface area contributed by atoms with Crippen LogP contribution in [0.4, 0.5) is 8.78 Å². The fourth-order valence-electron chi connectivity index (χ4n) is 3.39. The van der Waals surface area contributed by atoms with Gasteiger partial charge in [-0.15, -0.1) is 0 Å². The zero-order chi connectivity index (χ0) is 23.8. The molecule has 4 N–H and O–H groups in total. The Bertz CT molecular complexity index is 1280. The average Bonchev–Trinajstić information content (AvgIpc) is 3.32. The molecule has 1 aliphatic rings. The SMILES string of the molecule is NS(=O)(=O)OC[C@H]1O[C@@H](n2cnc3c(CNC(=O)c4cc(F)cc(F)c4)ncnc32)C[C@@H]1O. The zero-order valence-corrected chi connectivity index (χ0v) is 17.6. The van der Waals surface area contributed by atoms with Gasteiger partial charge in [0, 0.05) is 18.1 Å². The number of nitrogens with one attached hydrogen (secondary N) is 1. The van der Waals surface area contributed by atoms with Gasteiger partial charge in [0.05, 0.1) is 31.3 Å². The van der Waals surface area contributed by atoms with Gasteiger partial charge in [0.15, 0.2) is 5.65 Å². The molecule has 176 valence electrons. The van der Waals surface area contributed by atoms with E-state index in [1.807, 2.05) is 0 Å². The van der Waals surface area contributed by atoms with Crippen molar-refractivity contribution in [1.29, 1.82) is 0 Å². The number of carbonyl (C=O) groups excluding carboxylic acids is 1. The second-order valence-corrected chi connectivity index (χ2v) is 8.42. The highest BCUT2D eigenvalue weighted by Gasteiger charge is 2.36. The number of rotatable bonds is 7. The van der Waals surface area contributed by atoms with Gasteiger partial charge in [0.2, 0.25) is 0 Å². The van der Waals surface area contributed by atoms with Crippen molar-refractivity contribution in [2.75, 3.05) is 6.61 Å². The minimum Gasteiger partial charge on any atom is -0.390 e. The first-order valence-corrected chi connectivity index (χ1v) is 11.0. The second-order valence-electron chi connectivity index (χ2n) is 7.19. The first-order chi connectivity index (χ1) is 15.6. The van der Waals surface area contributed by atoms with Crippen LogP contribution in [0.3, 0.4) is 0 Å². The molecule has 1 fully saturated rings. The lowest BCUT2D eigenvalue weighted by Gasteiger charge is -2.15. The molecule has 4 rings (SSSR count). The number of nitrogens with two attached hydrogens (primary N) is 1. The van der Waals surface area contributed by atoms with Crippen molar-refractivity contribution in [3.05, 3.63) is 53.7 Å². The van der Waals surface area contributed by atoms with Crippen molar-refractivity contribution in [3.63, 3.8) is 0 Å². The molecule has 0 saturated carbocycles. The Labute approximate surface area is 185 Å². The Hall–Kier alpha value is -3.11. The zero-order valence-electron chi connectivity index (χ0n) is 16.8. The van der Waals surface area contributed by atoms with E-state index in [2.05, 4.69) is 24.5 Å². The average molecular weight is 484 g/mol. The second kappa shape index (κ2) is 9.03. The van der Waals surface area contributed by atoms with Crippen LogP contribution in [0.15, 0.2) is 30.9 Å². The Balaban J connectivity index is 1.48. The van der Waals surface area contributed by atoms with E-state index in [1.54, 1.807) is 0 Å². The fraction of sp³-hybridized carbons (Fsp3) is 0.333. The lowest BCUT2D eigenvalue weighted by Crippen LogP contribution is -2.30. The van der Waals surface area contributed by atoms with E-state index in [0.717, 1.165) is 12.1 Å². The van der Waals surface area contributed by atoms with Crippen LogP contribution in [-0.2, 0) is 25.8 Å². The summed E-state index contributed by atoms with van der Waals surface area (Å²) in [4.78, 5) is 24.7. The molecule has 0 aliphatic carbocycles. The highest BCUT2D eigenvalue weighted by molar-refractivity contribution is 7.84. The molecule has 1 aromatic carbocycles. The maximum Gasteiger partial charge on any atom is 0.333 e. The van der Waals surface area contributed by atoms with Crippen LogP contribution in [-0.4, -0.2) is 57.8 Å². The van der Waals surface area contributed by atoms with E-state index in [-0.39, 0.29) is 18.5 Å². The van der Waals surface area contributed by atoms with Crippen LogP contribution < -0.4 is 10.5 Å². The van der Waals surface area contributed by atoms with Gasteiger partial charge in [-0.1, -0.05) is 0 Å². The van der Waals surface area contributed by atoms with E-state index in [4.69, 9.17) is 9.88 Å². The van der Waals surface area contributed by atoms with Gasteiger partial charge in [-0.05, 0) is 12.1 Å². The van der Waals surface area contributed by atoms with Gasteiger partial charge >= 0.3 is 10.3 Å². The Morgan fingerprint density at radius 3 is 2.70 bits per heavy atom. The molecule has 0 radical (unpaired) electrons. The van der Waals surface area contributed by atoms with Crippen LogP contribution in [0.5, 0.6) is 0 Å². The van der Waals surface area contributed by atoms with Gasteiger partial charge < -0.3 is 15.2 Å². The van der Waals surface area contributed by atoms with Crippen LogP contribution in [0.2, 0.25) is 0 Å². The molecule has 15 heteroatoms. The number of hydrogen-bond acceptors (Lipinski definition) is 9. The number of halogens is 2. The first-order valence-electron chi connectivity index (χ1n) is 9.52. The summed E-state index contributed by atoms with van der Waals surface area (Å²) >= 11 is 0. The van der Waals surface area contributed by atoms with E-state index in [9.17, 15) is 27.1 Å². The topological polar surface area (TPSA) is 172 Å². The van der Waals surface area contributed by atoms with Gasteiger partial charge in [0.25, 0.3) is 5.91 Å². The minimum atomic E-state index is -4.19. The number of fused-ring (bicyclic) bond motifs is 1. The molecule has 33 heavy (non-hydrogen) atoms. The summed E-state index contributed by atoms with van der Waals surface area (Å²) in [5, 5.41) is 17.5. The van der Waals surface area contributed by atoms with Crippen molar-refractivity contribution in [3.8, 4) is 0 Å². The number of aromatic nitrogens is 4. The summed E-state index contributed by atoms with van der Waals surface area (Å²) in [6.07, 6.45) is 0.0286. The summed E-state index contributed by atoms with van der Waals surface area (Å²) in [7, 11) is -4.19. The first kappa shape index (κ1) is 23.1. The third-order valence-electron chi connectivity index (χ3n) is 4.89. The summed E-state index contributed by atoms with van der Waals surface area (Å²) in [5.74, 6) is -2.47. The molecule has 0 bridgehead atoms. The van der Waals surface area contributed by atoms with E-state index in [1.165, 1.54) is 17.2 Å². The molecule has 2 aromatic heterocycles. The normalized spacial score (nSPS) is 20.9. The number of hydrogen-bond donors (Lipinski definition) is 3. The number of amides is 1. The van der Waals surface area contributed by atoms with Crippen LogP contribution in [0, 0.1) is 11.6 Å². The number of benzene rings is 1. The highest BCUT2D eigenvalue weighted by atomic mass is 32.2. The van der Waals surface area contributed by atoms with Crippen molar-refractivity contribution in [2.24, 2.45) is 5.14 Å². The smallest absolute Gasteiger partial charge is 0.333 e. The van der Waals surface area contributed by atoms with E-state index >= 15 is 0 Å². The van der Waals surface area contributed by atoms with Gasteiger partial charge in [-0.3, -0.25) is 13.5 Å². The molecule has 1 amide bonds. The standard InChI is InChI=1S/C18H18F2N6O6S/c19-10-1-9(2-11(20)3-10)18(28)22-5-12-16-17(24-7-23-12)26(8-25-16)15-4-13(27)14(32-15)6-31-33(21,29)30/h1-3,7-8,13-15,27H,4-6H2,(H,22,28)(H2,21,29,30)/t13-,14+,15+/m0/s1. The predicted octanol–water partition coefficient (Wildman–Crippen LogP) is -0.0970. The molecule has 1 saturated heterocycles. The monoisotopic (exact) mass is 484 g/mol. The van der Waals surface area contributed by atoms with Crippen LogP contribution >= 0.6 is 0 Å². The van der Waals surface area contributed by atoms with Gasteiger partial charge in [-0.25, -0.2) is 28.9 Å². The van der Waals surface area contributed by atoms with Gasteiger partial charge in [-0.2, -0.15) is 8.42 Å². The number of carbonyl (C=O) groups is 1. The molecule has 0 unspecified atom stereocenters. The van der Waals surface area contributed by atoms with Crippen molar-refractivity contribution in [1.82, 2.24) is 24.8 Å². The summed E-state index contributed by atoms with van der Waals surface area (Å²) < 4.78 is 60.3. The molecular formula is C18H18F2N6O6S. The molecule has 0 spiro atoms. The molecule has 3 heterocycles. The number of aliphatic hydroxyl groups excluding tert-OH is 1. The number of aliphatic hydroxyl groups is 1. The van der Waals surface area contributed by atoms with Crippen molar-refractivity contribution < 1.29 is 36.0 Å². The molecule has 3 atom stereocenters. The minimum absolute atomic E-state index is 0.102. The predicted molar refractivity (Wildman–Crippen MR) is 106 cm³/mol. The largest absolute Gasteiger partial charge is 0.390 e.